The van der Waals surface area contributed by atoms with E-state index in [4.69, 9.17) is 0 Å². The molecule has 3 nitrogen and oxygen atoms in total. The molecule has 0 aliphatic heterocycles. The second-order valence-corrected chi connectivity index (χ2v) is 5.02. The highest BCUT2D eigenvalue weighted by Crippen LogP contribution is 2.35. The molecule has 3 heteroatoms. The largest absolute Gasteiger partial charge is 0.394 e. The van der Waals surface area contributed by atoms with E-state index < -0.39 is 5.54 Å². The van der Waals surface area contributed by atoms with Crippen LogP contribution >= 0.6 is 0 Å². The van der Waals surface area contributed by atoms with Crippen molar-refractivity contribution in [3.05, 3.63) is 35.4 Å². The highest BCUT2D eigenvalue weighted by Gasteiger charge is 2.34. The number of nitrogens with one attached hydrogen (secondary N) is 1. The Morgan fingerprint density at radius 2 is 2.24 bits per heavy atom. The van der Waals surface area contributed by atoms with Crippen molar-refractivity contribution < 1.29 is 9.90 Å². The molecule has 0 spiro atoms. The van der Waals surface area contributed by atoms with E-state index in [0.29, 0.717) is 0 Å². The van der Waals surface area contributed by atoms with Crippen LogP contribution in [0.5, 0.6) is 0 Å². The van der Waals surface area contributed by atoms with E-state index in [1.165, 1.54) is 5.56 Å². The molecule has 0 radical (unpaired) electrons. The highest BCUT2D eigenvalue weighted by molar-refractivity contribution is 5.87. The Morgan fingerprint density at radius 1 is 1.53 bits per heavy atom. The first kappa shape index (κ1) is 12.1. The lowest BCUT2D eigenvalue weighted by atomic mass is 9.76. The second-order valence-electron chi connectivity index (χ2n) is 5.02. The third-order valence-corrected chi connectivity index (χ3v) is 3.73. The van der Waals surface area contributed by atoms with Crippen molar-refractivity contribution in [2.45, 2.75) is 38.1 Å². The number of carbonyl (C=O) groups excluding carboxylic acids is 1. The minimum Gasteiger partial charge on any atom is -0.394 e. The first-order valence-corrected chi connectivity index (χ1v) is 6.10. The smallest absolute Gasteiger partial charge is 0.228 e. The quantitative estimate of drug-likeness (QED) is 0.830. The molecule has 1 amide bonds. The molecule has 17 heavy (non-hydrogen) atoms. The number of amides is 1. The Kier molecular flexibility index (Phi) is 3.20. The fraction of sp³-hybridized carbons (Fsp3) is 0.500. The summed E-state index contributed by atoms with van der Waals surface area (Å²) < 4.78 is 0. The van der Waals surface area contributed by atoms with Gasteiger partial charge >= 0.3 is 0 Å². The Labute approximate surface area is 102 Å². The van der Waals surface area contributed by atoms with Crippen LogP contribution in [0.1, 0.15) is 37.3 Å². The van der Waals surface area contributed by atoms with Crippen LogP contribution in [0, 0.1) is 0 Å². The summed E-state index contributed by atoms with van der Waals surface area (Å²) in [5.74, 6) is -0.00859. The predicted molar refractivity (Wildman–Crippen MR) is 66.8 cm³/mol. The highest BCUT2D eigenvalue weighted by atomic mass is 16.3. The van der Waals surface area contributed by atoms with E-state index in [1.54, 1.807) is 0 Å². The molecule has 0 bridgehead atoms. The van der Waals surface area contributed by atoms with Crippen LogP contribution in [0.2, 0.25) is 0 Å². The van der Waals surface area contributed by atoms with Crippen LogP contribution in [0.3, 0.4) is 0 Å². The fourth-order valence-corrected chi connectivity index (χ4v) is 2.12. The molecule has 0 saturated heterocycles. The van der Waals surface area contributed by atoms with Gasteiger partial charge in [-0.25, -0.2) is 0 Å². The normalized spacial score (nSPS) is 21.0. The van der Waals surface area contributed by atoms with Crippen molar-refractivity contribution in [3.8, 4) is 0 Å². The zero-order chi connectivity index (χ0) is 12.5. The van der Waals surface area contributed by atoms with Gasteiger partial charge in [-0.2, -0.15) is 0 Å². The molecule has 0 saturated carbocycles. The van der Waals surface area contributed by atoms with Crippen molar-refractivity contribution in [1.29, 1.82) is 0 Å². The van der Waals surface area contributed by atoms with Crippen molar-refractivity contribution >= 4 is 5.91 Å². The summed E-state index contributed by atoms with van der Waals surface area (Å²) in [6, 6.07) is 8.02. The van der Waals surface area contributed by atoms with Crippen LogP contribution in [-0.2, 0) is 11.2 Å². The molecule has 2 N–H and O–H groups in total. The van der Waals surface area contributed by atoms with Gasteiger partial charge in [0.25, 0.3) is 0 Å². The molecule has 0 heterocycles. The van der Waals surface area contributed by atoms with Gasteiger partial charge in [0.2, 0.25) is 5.91 Å². The third kappa shape index (κ3) is 2.20. The van der Waals surface area contributed by atoms with Gasteiger partial charge in [-0.1, -0.05) is 31.2 Å². The number of aliphatic hydroxyl groups excluding tert-OH is 1. The second kappa shape index (κ2) is 4.49. The number of benzene rings is 1. The lowest BCUT2D eigenvalue weighted by molar-refractivity contribution is -0.125. The Bertz CT molecular complexity index is 424. The monoisotopic (exact) mass is 233 g/mol. The van der Waals surface area contributed by atoms with Crippen LogP contribution in [0.25, 0.3) is 0 Å². The van der Waals surface area contributed by atoms with Crippen molar-refractivity contribution in [2.24, 2.45) is 0 Å². The first-order chi connectivity index (χ1) is 8.09. The first-order valence-electron chi connectivity index (χ1n) is 6.10. The topological polar surface area (TPSA) is 49.3 Å². The van der Waals surface area contributed by atoms with Gasteiger partial charge in [-0.3, -0.25) is 4.79 Å². The van der Waals surface area contributed by atoms with Crippen LogP contribution in [0.15, 0.2) is 24.3 Å². The van der Waals surface area contributed by atoms with Gasteiger partial charge in [0.15, 0.2) is 0 Å². The number of rotatable bonds is 4. The number of fused-ring (bicyclic) bond motifs is 1. The van der Waals surface area contributed by atoms with Crippen LogP contribution in [-0.4, -0.2) is 23.2 Å². The molecule has 0 aromatic heterocycles. The van der Waals surface area contributed by atoms with E-state index in [1.807, 2.05) is 32.0 Å². The summed E-state index contributed by atoms with van der Waals surface area (Å²) >= 11 is 0. The summed E-state index contributed by atoms with van der Waals surface area (Å²) in [5, 5.41) is 12.2. The van der Waals surface area contributed by atoms with Gasteiger partial charge in [0.1, 0.15) is 0 Å². The summed E-state index contributed by atoms with van der Waals surface area (Å²) in [4.78, 5) is 12.1. The standard InChI is InChI=1S/C14H19NO2/c1-3-14(2,9-16)15-13(17)12-8-10-6-4-5-7-11(10)12/h4-7,12,16H,3,8-9H2,1-2H3,(H,15,17). The number of hydrogen-bond acceptors (Lipinski definition) is 2. The van der Waals surface area contributed by atoms with Crippen molar-refractivity contribution in [1.82, 2.24) is 5.32 Å². The maximum atomic E-state index is 12.1. The lowest BCUT2D eigenvalue weighted by Gasteiger charge is -2.34. The van der Waals surface area contributed by atoms with E-state index in [0.717, 1.165) is 18.4 Å². The SMILES string of the molecule is CCC(C)(CO)NC(=O)C1Cc2ccccc21. The fourth-order valence-electron chi connectivity index (χ4n) is 2.12. The molecular formula is C14H19NO2. The molecule has 92 valence electrons. The lowest BCUT2D eigenvalue weighted by Crippen LogP contribution is -2.51. The summed E-state index contributed by atoms with van der Waals surface area (Å²) in [7, 11) is 0. The van der Waals surface area contributed by atoms with E-state index in [2.05, 4.69) is 11.4 Å². The van der Waals surface area contributed by atoms with Crippen molar-refractivity contribution in [3.63, 3.8) is 0 Å². The van der Waals surface area contributed by atoms with Crippen LogP contribution < -0.4 is 5.32 Å². The molecule has 2 rings (SSSR count). The maximum Gasteiger partial charge on any atom is 0.228 e. The predicted octanol–water partition coefficient (Wildman–Crippen LogP) is 1.60. The Morgan fingerprint density at radius 3 is 2.82 bits per heavy atom. The van der Waals surface area contributed by atoms with Gasteiger partial charge in [0, 0.05) is 0 Å². The Hall–Kier alpha value is -1.35. The van der Waals surface area contributed by atoms with Gasteiger partial charge in [-0.05, 0) is 30.9 Å². The molecule has 0 fully saturated rings. The van der Waals surface area contributed by atoms with E-state index in [-0.39, 0.29) is 18.4 Å². The molecular weight excluding hydrogens is 214 g/mol. The average molecular weight is 233 g/mol. The third-order valence-electron chi connectivity index (χ3n) is 3.73. The molecule has 2 unspecified atom stereocenters. The minimum absolute atomic E-state index is 0.0242. The summed E-state index contributed by atoms with van der Waals surface area (Å²) in [6.07, 6.45) is 1.54. The molecule has 1 aromatic carbocycles. The zero-order valence-corrected chi connectivity index (χ0v) is 10.4. The Balaban J connectivity index is 2.05. The molecule has 1 aliphatic rings. The molecule has 1 aromatic rings. The zero-order valence-electron chi connectivity index (χ0n) is 10.4. The number of hydrogen-bond donors (Lipinski definition) is 2. The summed E-state index contributed by atoms with van der Waals surface area (Å²) in [5.41, 5.74) is 1.89. The number of carbonyl (C=O) groups is 1. The molecule has 2 atom stereocenters. The number of aliphatic hydroxyl groups is 1. The van der Waals surface area contributed by atoms with Gasteiger partial charge < -0.3 is 10.4 Å². The van der Waals surface area contributed by atoms with E-state index in [9.17, 15) is 9.90 Å². The molecule has 1 aliphatic carbocycles. The van der Waals surface area contributed by atoms with Gasteiger partial charge in [-0.15, -0.1) is 0 Å². The maximum absolute atomic E-state index is 12.1. The minimum atomic E-state index is -0.498. The van der Waals surface area contributed by atoms with Gasteiger partial charge in [0.05, 0.1) is 18.1 Å². The van der Waals surface area contributed by atoms with Crippen molar-refractivity contribution in [2.75, 3.05) is 6.61 Å². The van der Waals surface area contributed by atoms with Crippen LogP contribution in [0.4, 0.5) is 0 Å². The van der Waals surface area contributed by atoms with E-state index >= 15 is 0 Å². The average Bonchev–Trinajstić information content (AvgIpc) is 2.30. The summed E-state index contributed by atoms with van der Waals surface area (Å²) in [6.45, 7) is 3.81.